The second-order valence-electron chi connectivity index (χ2n) is 5.42. The summed E-state index contributed by atoms with van der Waals surface area (Å²) >= 11 is 0. The molecule has 0 aliphatic carbocycles. The molecule has 0 unspecified atom stereocenters. The lowest BCUT2D eigenvalue weighted by Crippen LogP contribution is -2.13. The molecule has 2 N–H and O–H groups in total. The van der Waals surface area contributed by atoms with E-state index >= 15 is 0 Å². The number of rotatable bonds is 7. The van der Waals surface area contributed by atoms with E-state index in [2.05, 4.69) is 5.32 Å². The number of carbonyl (C=O) groups is 1. The Morgan fingerprint density at radius 3 is 2.36 bits per heavy atom. The average molecular weight is 299 g/mol. The van der Waals surface area contributed by atoms with E-state index in [1.807, 2.05) is 44.2 Å². The van der Waals surface area contributed by atoms with E-state index in [1.54, 1.807) is 18.2 Å². The molecule has 4 heteroatoms. The van der Waals surface area contributed by atoms with Crippen molar-refractivity contribution in [2.75, 3.05) is 0 Å². The van der Waals surface area contributed by atoms with E-state index in [0.717, 1.165) is 16.9 Å². The Hall–Kier alpha value is -2.33. The molecule has 0 spiro atoms. The Morgan fingerprint density at radius 1 is 1.09 bits per heavy atom. The lowest BCUT2D eigenvalue weighted by molar-refractivity contribution is 0.0696. The Morgan fingerprint density at radius 2 is 1.73 bits per heavy atom. The summed E-state index contributed by atoms with van der Waals surface area (Å²) in [4.78, 5) is 10.9. The third-order valence-corrected chi connectivity index (χ3v) is 3.10. The van der Waals surface area contributed by atoms with Gasteiger partial charge in [0.1, 0.15) is 5.75 Å². The van der Waals surface area contributed by atoms with E-state index < -0.39 is 5.97 Å². The Bertz CT molecular complexity index is 638. The highest BCUT2D eigenvalue weighted by atomic mass is 16.5. The maximum atomic E-state index is 10.9. The molecule has 0 heterocycles. The van der Waals surface area contributed by atoms with Crippen LogP contribution in [0.4, 0.5) is 0 Å². The minimum Gasteiger partial charge on any atom is -0.491 e. The zero-order chi connectivity index (χ0) is 15.9. The van der Waals surface area contributed by atoms with Crippen molar-refractivity contribution in [2.45, 2.75) is 33.0 Å². The smallest absolute Gasteiger partial charge is 0.335 e. The summed E-state index contributed by atoms with van der Waals surface area (Å²) in [6.07, 6.45) is 0.155. The van der Waals surface area contributed by atoms with Crippen LogP contribution < -0.4 is 10.1 Å². The number of ether oxygens (including phenoxy) is 1. The maximum absolute atomic E-state index is 10.9. The topological polar surface area (TPSA) is 58.6 Å². The molecule has 116 valence electrons. The van der Waals surface area contributed by atoms with Gasteiger partial charge < -0.3 is 15.2 Å². The van der Waals surface area contributed by atoms with E-state index in [1.165, 1.54) is 0 Å². The lowest BCUT2D eigenvalue weighted by Gasteiger charge is -2.11. The van der Waals surface area contributed by atoms with E-state index in [0.29, 0.717) is 18.7 Å². The Kier molecular flexibility index (Phi) is 5.55. The van der Waals surface area contributed by atoms with Gasteiger partial charge in [-0.2, -0.15) is 0 Å². The number of hydrogen-bond acceptors (Lipinski definition) is 3. The summed E-state index contributed by atoms with van der Waals surface area (Å²) in [5, 5.41) is 12.3. The van der Waals surface area contributed by atoms with Crippen molar-refractivity contribution >= 4 is 5.97 Å². The van der Waals surface area contributed by atoms with Gasteiger partial charge >= 0.3 is 5.97 Å². The van der Waals surface area contributed by atoms with Gasteiger partial charge in [0.05, 0.1) is 11.7 Å². The van der Waals surface area contributed by atoms with Crippen LogP contribution in [-0.4, -0.2) is 17.2 Å². The summed E-state index contributed by atoms with van der Waals surface area (Å²) < 4.78 is 5.67. The molecule has 0 amide bonds. The molecule has 0 saturated heterocycles. The van der Waals surface area contributed by atoms with Crippen LogP contribution in [0.15, 0.2) is 48.5 Å². The first-order chi connectivity index (χ1) is 10.5. The first kappa shape index (κ1) is 16.0. The Labute approximate surface area is 130 Å². The van der Waals surface area contributed by atoms with Crippen molar-refractivity contribution in [3.05, 3.63) is 65.2 Å². The zero-order valence-electron chi connectivity index (χ0n) is 12.9. The third kappa shape index (κ3) is 4.90. The van der Waals surface area contributed by atoms with Crippen molar-refractivity contribution in [3.8, 4) is 5.75 Å². The van der Waals surface area contributed by atoms with Crippen LogP contribution in [0.1, 0.15) is 35.3 Å². The van der Waals surface area contributed by atoms with Gasteiger partial charge in [0.2, 0.25) is 0 Å². The van der Waals surface area contributed by atoms with Gasteiger partial charge in [-0.25, -0.2) is 4.79 Å². The molecular weight excluding hydrogens is 278 g/mol. The first-order valence-electron chi connectivity index (χ1n) is 7.33. The molecule has 0 radical (unpaired) electrons. The standard InChI is InChI=1S/C18H21NO3/c1-13(2)22-17-8-4-6-15(10-17)12-19-11-14-5-3-7-16(9-14)18(20)21/h3-10,13,19H,11-12H2,1-2H3,(H,20,21). The van der Waals surface area contributed by atoms with Gasteiger partial charge in [0, 0.05) is 13.1 Å². The summed E-state index contributed by atoms with van der Waals surface area (Å²) in [6, 6.07) is 14.9. The third-order valence-electron chi connectivity index (χ3n) is 3.10. The van der Waals surface area contributed by atoms with Crippen molar-refractivity contribution < 1.29 is 14.6 Å². The maximum Gasteiger partial charge on any atom is 0.335 e. The van der Waals surface area contributed by atoms with Crippen LogP contribution in [0, 0.1) is 0 Å². The predicted octanol–water partition coefficient (Wildman–Crippen LogP) is 3.46. The zero-order valence-corrected chi connectivity index (χ0v) is 12.9. The molecule has 0 atom stereocenters. The summed E-state index contributed by atoms with van der Waals surface area (Å²) in [7, 11) is 0. The quantitative estimate of drug-likeness (QED) is 0.822. The molecule has 0 saturated carbocycles. The van der Waals surface area contributed by atoms with Gasteiger partial charge in [0.25, 0.3) is 0 Å². The fourth-order valence-corrected chi connectivity index (χ4v) is 2.17. The Balaban J connectivity index is 1.91. The number of carboxylic acid groups (broad SMARTS) is 1. The minimum absolute atomic E-state index is 0.155. The van der Waals surface area contributed by atoms with Crippen LogP contribution >= 0.6 is 0 Å². The summed E-state index contributed by atoms with van der Waals surface area (Å²) in [5.41, 5.74) is 2.40. The lowest BCUT2D eigenvalue weighted by atomic mass is 10.1. The van der Waals surface area contributed by atoms with E-state index in [4.69, 9.17) is 9.84 Å². The molecule has 0 fully saturated rings. The van der Waals surface area contributed by atoms with Gasteiger partial charge in [-0.1, -0.05) is 24.3 Å². The molecule has 22 heavy (non-hydrogen) atoms. The molecule has 2 aromatic rings. The highest BCUT2D eigenvalue weighted by molar-refractivity contribution is 5.87. The van der Waals surface area contributed by atoms with E-state index in [-0.39, 0.29) is 6.10 Å². The van der Waals surface area contributed by atoms with Crippen LogP contribution in [0.3, 0.4) is 0 Å². The van der Waals surface area contributed by atoms with Gasteiger partial charge in [-0.05, 0) is 49.2 Å². The number of benzene rings is 2. The van der Waals surface area contributed by atoms with Crippen molar-refractivity contribution in [3.63, 3.8) is 0 Å². The second-order valence-corrected chi connectivity index (χ2v) is 5.42. The highest BCUT2D eigenvalue weighted by Crippen LogP contribution is 2.15. The minimum atomic E-state index is -0.902. The fraction of sp³-hybridized carbons (Fsp3) is 0.278. The molecular formula is C18H21NO3. The molecule has 2 rings (SSSR count). The van der Waals surface area contributed by atoms with Crippen LogP contribution in [0.25, 0.3) is 0 Å². The average Bonchev–Trinajstić information content (AvgIpc) is 2.47. The van der Waals surface area contributed by atoms with Crippen molar-refractivity contribution in [2.24, 2.45) is 0 Å². The van der Waals surface area contributed by atoms with Crippen LogP contribution in [0.5, 0.6) is 5.75 Å². The van der Waals surface area contributed by atoms with Gasteiger partial charge in [0.15, 0.2) is 0 Å². The number of aromatic carboxylic acids is 1. The molecule has 0 bridgehead atoms. The molecule has 0 aromatic heterocycles. The first-order valence-corrected chi connectivity index (χ1v) is 7.33. The molecule has 0 aliphatic rings. The van der Waals surface area contributed by atoms with Crippen molar-refractivity contribution in [1.82, 2.24) is 5.32 Å². The summed E-state index contributed by atoms with van der Waals surface area (Å²) in [5.74, 6) is -0.0393. The normalized spacial score (nSPS) is 10.7. The fourth-order valence-electron chi connectivity index (χ4n) is 2.17. The van der Waals surface area contributed by atoms with Crippen LogP contribution in [-0.2, 0) is 13.1 Å². The molecule has 4 nitrogen and oxygen atoms in total. The largest absolute Gasteiger partial charge is 0.491 e. The number of carboxylic acids is 1. The predicted molar refractivity (Wildman–Crippen MR) is 86.2 cm³/mol. The monoisotopic (exact) mass is 299 g/mol. The van der Waals surface area contributed by atoms with Crippen molar-refractivity contribution in [1.29, 1.82) is 0 Å². The molecule has 2 aromatic carbocycles. The van der Waals surface area contributed by atoms with E-state index in [9.17, 15) is 4.79 Å². The number of hydrogen-bond donors (Lipinski definition) is 2. The van der Waals surface area contributed by atoms with Gasteiger partial charge in [-0.3, -0.25) is 0 Å². The SMILES string of the molecule is CC(C)Oc1cccc(CNCc2cccc(C(=O)O)c2)c1. The van der Waals surface area contributed by atoms with Gasteiger partial charge in [-0.15, -0.1) is 0 Å². The highest BCUT2D eigenvalue weighted by Gasteiger charge is 2.03. The number of nitrogens with one attached hydrogen (secondary N) is 1. The summed E-state index contributed by atoms with van der Waals surface area (Å²) in [6.45, 7) is 5.32. The van der Waals surface area contributed by atoms with Crippen LogP contribution in [0.2, 0.25) is 0 Å². The molecule has 0 aliphatic heterocycles. The second kappa shape index (κ2) is 7.61.